The lowest BCUT2D eigenvalue weighted by molar-refractivity contribution is -0.344. The SMILES string of the molecule is OC[C@@H]1O[C@@H](O[C@@H]2CO[C@@H](OCc3ccccc3)[C@H](O)[C@@H]2O)[C@@H](O)[C@@H](O)[C@H]1O. The Balaban J connectivity index is 1.55. The smallest absolute Gasteiger partial charge is 0.187 e. The van der Waals surface area contributed by atoms with Gasteiger partial charge in [0.25, 0.3) is 0 Å². The van der Waals surface area contributed by atoms with Gasteiger partial charge in [-0.1, -0.05) is 30.3 Å². The summed E-state index contributed by atoms with van der Waals surface area (Å²) in [5.74, 6) is 0. The Morgan fingerprint density at radius 1 is 0.857 bits per heavy atom. The maximum absolute atomic E-state index is 10.3. The van der Waals surface area contributed by atoms with Gasteiger partial charge in [-0.15, -0.1) is 0 Å². The van der Waals surface area contributed by atoms with E-state index in [2.05, 4.69) is 0 Å². The molecule has 10 nitrogen and oxygen atoms in total. The van der Waals surface area contributed by atoms with Gasteiger partial charge in [-0.2, -0.15) is 0 Å². The van der Waals surface area contributed by atoms with Gasteiger partial charge in [0, 0.05) is 0 Å². The van der Waals surface area contributed by atoms with E-state index in [0.29, 0.717) is 0 Å². The molecule has 2 fully saturated rings. The van der Waals surface area contributed by atoms with Crippen LogP contribution in [0.15, 0.2) is 30.3 Å². The molecule has 158 valence electrons. The average molecular weight is 402 g/mol. The normalized spacial score (nSPS) is 41.7. The number of aliphatic hydroxyl groups excluding tert-OH is 6. The molecule has 0 unspecified atom stereocenters. The summed E-state index contributed by atoms with van der Waals surface area (Å²) in [4.78, 5) is 0. The second-order valence-corrected chi connectivity index (χ2v) is 6.85. The monoisotopic (exact) mass is 402 g/mol. The third kappa shape index (κ3) is 4.69. The summed E-state index contributed by atoms with van der Waals surface area (Å²) in [6.45, 7) is -0.604. The van der Waals surface area contributed by atoms with Crippen LogP contribution in [0.5, 0.6) is 0 Å². The molecular formula is C18H26O10. The molecule has 9 atom stereocenters. The van der Waals surface area contributed by atoms with E-state index in [-0.39, 0.29) is 13.2 Å². The summed E-state index contributed by atoms with van der Waals surface area (Å²) < 4.78 is 21.6. The van der Waals surface area contributed by atoms with Crippen molar-refractivity contribution in [1.29, 1.82) is 0 Å². The number of ether oxygens (including phenoxy) is 4. The Labute approximate surface area is 161 Å². The van der Waals surface area contributed by atoms with Crippen molar-refractivity contribution >= 4 is 0 Å². The maximum Gasteiger partial charge on any atom is 0.187 e. The Morgan fingerprint density at radius 3 is 2.21 bits per heavy atom. The van der Waals surface area contributed by atoms with Gasteiger partial charge in [-0.3, -0.25) is 0 Å². The molecule has 0 radical (unpaired) electrons. The number of hydrogen-bond donors (Lipinski definition) is 6. The summed E-state index contributed by atoms with van der Waals surface area (Å²) in [7, 11) is 0. The van der Waals surface area contributed by atoms with Crippen LogP contribution in [0.2, 0.25) is 0 Å². The molecule has 28 heavy (non-hydrogen) atoms. The second kappa shape index (κ2) is 9.55. The average Bonchev–Trinajstić information content (AvgIpc) is 2.71. The molecule has 0 aliphatic carbocycles. The van der Waals surface area contributed by atoms with E-state index in [9.17, 15) is 30.6 Å². The van der Waals surface area contributed by atoms with E-state index in [4.69, 9.17) is 18.9 Å². The van der Waals surface area contributed by atoms with Crippen molar-refractivity contribution in [2.24, 2.45) is 0 Å². The highest BCUT2D eigenvalue weighted by molar-refractivity contribution is 5.13. The van der Waals surface area contributed by atoms with Crippen molar-refractivity contribution in [3.05, 3.63) is 35.9 Å². The van der Waals surface area contributed by atoms with Gasteiger partial charge in [-0.05, 0) is 5.56 Å². The first-order chi connectivity index (χ1) is 13.4. The fourth-order valence-electron chi connectivity index (χ4n) is 3.14. The third-order valence-electron chi connectivity index (χ3n) is 4.85. The van der Waals surface area contributed by atoms with Crippen LogP contribution in [-0.4, -0.2) is 99.2 Å². The predicted octanol–water partition coefficient (Wildman–Crippen LogP) is -2.53. The van der Waals surface area contributed by atoms with Crippen LogP contribution < -0.4 is 0 Å². The van der Waals surface area contributed by atoms with Gasteiger partial charge in [0.05, 0.1) is 19.8 Å². The van der Waals surface area contributed by atoms with Crippen molar-refractivity contribution in [2.45, 2.75) is 61.9 Å². The Hall–Kier alpha value is -1.18. The van der Waals surface area contributed by atoms with E-state index in [1.54, 1.807) is 0 Å². The summed E-state index contributed by atoms with van der Waals surface area (Å²) in [5, 5.41) is 59.4. The van der Waals surface area contributed by atoms with Crippen molar-refractivity contribution in [1.82, 2.24) is 0 Å². The molecule has 0 amide bonds. The number of rotatable bonds is 6. The van der Waals surface area contributed by atoms with E-state index in [1.807, 2.05) is 30.3 Å². The number of hydrogen-bond acceptors (Lipinski definition) is 10. The van der Waals surface area contributed by atoms with Gasteiger partial charge in [-0.25, -0.2) is 0 Å². The lowest BCUT2D eigenvalue weighted by Crippen LogP contribution is -2.62. The summed E-state index contributed by atoms with van der Waals surface area (Å²) in [6, 6.07) is 9.24. The van der Waals surface area contributed by atoms with Crippen molar-refractivity contribution in [2.75, 3.05) is 13.2 Å². The fraction of sp³-hybridized carbons (Fsp3) is 0.667. The first-order valence-electron chi connectivity index (χ1n) is 9.01. The van der Waals surface area contributed by atoms with Crippen LogP contribution in [0.1, 0.15) is 5.56 Å². The first-order valence-corrected chi connectivity index (χ1v) is 9.01. The van der Waals surface area contributed by atoms with Gasteiger partial charge in [0.2, 0.25) is 0 Å². The molecule has 0 saturated carbocycles. The van der Waals surface area contributed by atoms with E-state index in [0.717, 1.165) is 5.56 Å². The van der Waals surface area contributed by atoms with Crippen LogP contribution in [-0.2, 0) is 25.6 Å². The van der Waals surface area contributed by atoms with Crippen LogP contribution in [0.3, 0.4) is 0 Å². The molecule has 2 heterocycles. The zero-order chi connectivity index (χ0) is 20.3. The number of aliphatic hydroxyl groups is 6. The molecule has 2 saturated heterocycles. The molecule has 1 aromatic rings. The molecule has 1 aromatic carbocycles. The standard InChI is InChI=1S/C18H26O10/c19-6-10-12(20)14(22)16(24)18(27-10)28-11-8-26-17(15(23)13(11)21)25-7-9-4-2-1-3-5-9/h1-5,10-24H,6-8H2/t10-,11+,12-,13+,14-,15+,16-,17+,18-/m0/s1. The Kier molecular flexibility index (Phi) is 7.34. The summed E-state index contributed by atoms with van der Waals surface area (Å²) in [5.41, 5.74) is 0.868. The minimum absolute atomic E-state index is 0.174. The topological polar surface area (TPSA) is 158 Å². The molecule has 0 aromatic heterocycles. The highest BCUT2D eigenvalue weighted by atomic mass is 16.7. The van der Waals surface area contributed by atoms with Gasteiger partial charge < -0.3 is 49.6 Å². The molecule has 10 heteroatoms. The molecule has 6 N–H and O–H groups in total. The first kappa shape index (κ1) is 21.5. The molecule has 3 rings (SSSR count). The second-order valence-electron chi connectivity index (χ2n) is 6.85. The van der Waals surface area contributed by atoms with Crippen LogP contribution >= 0.6 is 0 Å². The predicted molar refractivity (Wildman–Crippen MR) is 91.6 cm³/mol. The Bertz CT molecular complexity index is 599. The van der Waals surface area contributed by atoms with Crippen molar-refractivity contribution in [3.63, 3.8) is 0 Å². The zero-order valence-corrected chi connectivity index (χ0v) is 15.0. The highest BCUT2D eigenvalue weighted by Crippen LogP contribution is 2.26. The fourth-order valence-corrected chi connectivity index (χ4v) is 3.14. The lowest BCUT2D eigenvalue weighted by atomic mass is 9.99. The summed E-state index contributed by atoms with van der Waals surface area (Å²) in [6.07, 6.45) is -12.3. The van der Waals surface area contributed by atoms with Crippen LogP contribution in [0.25, 0.3) is 0 Å². The summed E-state index contributed by atoms with van der Waals surface area (Å²) >= 11 is 0. The van der Waals surface area contributed by atoms with Gasteiger partial charge in [0.15, 0.2) is 12.6 Å². The van der Waals surface area contributed by atoms with E-state index in [1.165, 1.54) is 0 Å². The minimum Gasteiger partial charge on any atom is -0.394 e. The number of benzene rings is 1. The van der Waals surface area contributed by atoms with Crippen LogP contribution in [0.4, 0.5) is 0 Å². The quantitative estimate of drug-likeness (QED) is 0.300. The van der Waals surface area contributed by atoms with E-state index < -0.39 is 61.9 Å². The molecule has 0 bridgehead atoms. The zero-order valence-electron chi connectivity index (χ0n) is 15.0. The van der Waals surface area contributed by atoms with E-state index >= 15 is 0 Å². The lowest BCUT2D eigenvalue weighted by Gasteiger charge is -2.43. The van der Waals surface area contributed by atoms with Crippen molar-refractivity contribution < 1.29 is 49.6 Å². The molecule has 2 aliphatic rings. The van der Waals surface area contributed by atoms with Gasteiger partial charge >= 0.3 is 0 Å². The molecular weight excluding hydrogens is 376 g/mol. The molecule has 2 aliphatic heterocycles. The Morgan fingerprint density at radius 2 is 1.54 bits per heavy atom. The maximum atomic E-state index is 10.3. The van der Waals surface area contributed by atoms with Crippen molar-refractivity contribution in [3.8, 4) is 0 Å². The largest absolute Gasteiger partial charge is 0.394 e. The molecule has 0 spiro atoms. The third-order valence-corrected chi connectivity index (χ3v) is 4.85. The minimum atomic E-state index is -1.62. The highest BCUT2D eigenvalue weighted by Gasteiger charge is 2.47. The van der Waals surface area contributed by atoms with Gasteiger partial charge in [0.1, 0.15) is 42.7 Å². The van der Waals surface area contributed by atoms with Crippen LogP contribution in [0, 0.1) is 0 Å².